The van der Waals surface area contributed by atoms with Gasteiger partial charge in [0.1, 0.15) is 0 Å². The number of esters is 1. The largest absolute Gasteiger partial charge is 0.463 e. The van der Waals surface area contributed by atoms with Crippen molar-refractivity contribution in [1.29, 1.82) is 0 Å². The van der Waals surface area contributed by atoms with Gasteiger partial charge in [0.15, 0.2) is 8.32 Å². The van der Waals surface area contributed by atoms with Gasteiger partial charge in [0.05, 0.1) is 18.8 Å². The average Bonchev–Trinajstić information content (AvgIpc) is 2.68. The molecule has 5 heteroatoms. The Morgan fingerprint density at radius 2 is 1.77 bits per heavy atom. The molecule has 30 heavy (non-hydrogen) atoms. The summed E-state index contributed by atoms with van der Waals surface area (Å²) >= 11 is 0. The normalized spacial score (nSPS) is 16.4. The van der Waals surface area contributed by atoms with E-state index in [0.717, 1.165) is 11.1 Å². The van der Waals surface area contributed by atoms with Crippen LogP contribution in [-0.4, -0.2) is 32.1 Å². The van der Waals surface area contributed by atoms with E-state index < -0.39 is 14.4 Å². The number of rotatable bonds is 10. The molecule has 0 spiro atoms. The van der Waals surface area contributed by atoms with Crippen molar-refractivity contribution in [3.05, 3.63) is 59.7 Å². The maximum atomic E-state index is 11.5. The second kappa shape index (κ2) is 11.6. The van der Waals surface area contributed by atoms with Gasteiger partial charge < -0.3 is 14.3 Å². The summed E-state index contributed by atoms with van der Waals surface area (Å²) in [6, 6.07) is 10.2. The lowest BCUT2D eigenvalue weighted by molar-refractivity contribution is -0.137. The second-order valence-corrected chi connectivity index (χ2v) is 14.2. The zero-order valence-corrected chi connectivity index (χ0v) is 20.9. The third-order valence-electron chi connectivity index (χ3n) is 5.89. The highest BCUT2D eigenvalue weighted by molar-refractivity contribution is 6.74. The average molecular weight is 433 g/mol. The Kier molecular flexibility index (Phi) is 10.2. The molecular weight excluding hydrogens is 392 g/mol. The van der Waals surface area contributed by atoms with Crippen molar-refractivity contribution < 1.29 is 19.1 Å². The Morgan fingerprint density at radius 3 is 2.30 bits per heavy atom. The van der Waals surface area contributed by atoms with E-state index >= 15 is 0 Å². The molecule has 0 heterocycles. The Hall–Kier alpha value is -1.69. The van der Waals surface area contributed by atoms with Crippen molar-refractivity contribution in [1.82, 2.24) is 0 Å². The molecule has 4 nitrogen and oxygen atoms in total. The highest BCUT2D eigenvalue weighted by Crippen LogP contribution is 2.42. The first-order valence-electron chi connectivity index (χ1n) is 10.8. The van der Waals surface area contributed by atoms with Gasteiger partial charge in [-0.1, -0.05) is 75.8 Å². The summed E-state index contributed by atoms with van der Waals surface area (Å²) in [5.41, 5.74) is 2.01. The first-order valence-corrected chi connectivity index (χ1v) is 13.7. The summed E-state index contributed by atoms with van der Waals surface area (Å²) in [4.78, 5) is 11.5. The first kappa shape index (κ1) is 26.3. The van der Waals surface area contributed by atoms with Gasteiger partial charge >= 0.3 is 5.97 Å². The van der Waals surface area contributed by atoms with Gasteiger partial charge in [-0.25, -0.2) is 4.79 Å². The molecule has 0 saturated carbocycles. The molecule has 0 aromatic heterocycles. The van der Waals surface area contributed by atoms with Gasteiger partial charge in [-0.3, -0.25) is 0 Å². The van der Waals surface area contributed by atoms with Crippen LogP contribution in [0.15, 0.2) is 54.1 Å². The lowest BCUT2D eigenvalue weighted by Gasteiger charge is -2.42. The third-order valence-corrected chi connectivity index (χ3v) is 10.3. The van der Waals surface area contributed by atoms with Crippen molar-refractivity contribution in [2.24, 2.45) is 5.92 Å². The number of hydrogen-bond donors (Lipinski definition) is 1. The molecule has 0 saturated heterocycles. The standard InChI is InChI=1S/C25H40O4Si/c1-9-28-23(27)18-16-19(2)15-17-22(26)20(3)24(21-13-11-10-12-14-21)29-30(7,8)25(4,5)6/h10-16,18,20,22,24,26H,9,17H2,1-8H3/b18-16+,19-15+/t20-,22-,24+/m1/s1. The Balaban J connectivity index is 2.97. The van der Waals surface area contributed by atoms with E-state index in [-0.39, 0.29) is 23.0 Å². The zero-order valence-electron chi connectivity index (χ0n) is 19.9. The van der Waals surface area contributed by atoms with Crippen molar-refractivity contribution in [3.8, 4) is 0 Å². The third kappa shape index (κ3) is 8.21. The Morgan fingerprint density at radius 1 is 1.17 bits per heavy atom. The van der Waals surface area contributed by atoms with Gasteiger partial charge in [0, 0.05) is 12.0 Å². The van der Waals surface area contributed by atoms with Crippen molar-refractivity contribution in [2.45, 2.75) is 78.3 Å². The predicted octanol–water partition coefficient (Wildman–Crippen LogP) is 6.20. The van der Waals surface area contributed by atoms with E-state index in [0.29, 0.717) is 13.0 Å². The molecular formula is C25H40O4Si. The van der Waals surface area contributed by atoms with E-state index in [1.54, 1.807) is 13.0 Å². The lowest BCUT2D eigenvalue weighted by atomic mass is 9.90. The van der Waals surface area contributed by atoms with Gasteiger partial charge in [-0.05, 0) is 44.0 Å². The van der Waals surface area contributed by atoms with Crippen molar-refractivity contribution >= 4 is 14.3 Å². The van der Waals surface area contributed by atoms with Crippen LogP contribution in [0, 0.1) is 5.92 Å². The first-order chi connectivity index (χ1) is 13.9. The number of hydrogen-bond acceptors (Lipinski definition) is 4. The minimum atomic E-state index is -2.03. The van der Waals surface area contributed by atoms with Crippen LogP contribution < -0.4 is 0 Å². The van der Waals surface area contributed by atoms with Crippen LogP contribution in [0.1, 0.15) is 59.6 Å². The highest BCUT2D eigenvalue weighted by Gasteiger charge is 2.41. The number of benzene rings is 1. The summed E-state index contributed by atoms with van der Waals surface area (Å²) in [5.74, 6) is -0.439. The molecule has 0 aliphatic heterocycles. The molecule has 0 amide bonds. The van der Waals surface area contributed by atoms with Crippen molar-refractivity contribution in [3.63, 3.8) is 0 Å². The maximum absolute atomic E-state index is 11.5. The quantitative estimate of drug-likeness (QED) is 0.207. The summed E-state index contributed by atoms with van der Waals surface area (Å²) in [6.07, 6.45) is 4.83. The van der Waals surface area contributed by atoms with Crippen LogP contribution in [0.25, 0.3) is 0 Å². The summed E-state index contributed by atoms with van der Waals surface area (Å²) in [6.45, 7) is 17.3. The number of carbonyl (C=O) groups excluding carboxylic acids is 1. The topological polar surface area (TPSA) is 55.8 Å². The maximum Gasteiger partial charge on any atom is 0.330 e. The van der Waals surface area contributed by atoms with Gasteiger partial charge in [-0.15, -0.1) is 0 Å². The molecule has 0 fully saturated rings. The van der Waals surface area contributed by atoms with E-state index in [2.05, 4.69) is 46.0 Å². The predicted molar refractivity (Wildman–Crippen MR) is 127 cm³/mol. The van der Waals surface area contributed by atoms with E-state index in [1.165, 1.54) is 6.08 Å². The molecule has 168 valence electrons. The van der Waals surface area contributed by atoms with Gasteiger partial charge in [0.2, 0.25) is 0 Å². The summed E-state index contributed by atoms with van der Waals surface area (Å²) < 4.78 is 11.7. The van der Waals surface area contributed by atoms with Crippen LogP contribution in [-0.2, 0) is 14.0 Å². The van der Waals surface area contributed by atoms with Crippen LogP contribution >= 0.6 is 0 Å². The van der Waals surface area contributed by atoms with E-state index in [1.807, 2.05) is 38.1 Å². The van der Waals surface area contributed by atoms with Crippen LogP contribution in [0.3, 0.4) is 0 Å². The molecule has 1 rings (SSSR count). The lowest BCUT2D eigenvalue weighted by Crippen LogP contribution is -2.44. The van der Waals surface area contributed by atoms with Crippen LogP contribution in [0.2, 0.25) is 18.1 Å². The minimum Gasteiger partial charge on any atom is -0.463 e. The fraction of sp³-hybridized carbons (Fsp3) is 0.560. The van der Waals surface area contributed by atoms with E-state index in [4.69, 9.17) is 9.16 Å². The summed E-state index contributed by atoms with van der Waals surface area (Å²) in [5, 5.41) is 11.0. The number of allylic oxidation sites excluding steroid dienone is 2. The minimum absolute atomic E-state index is 0.0824. The zero-order chi connectivity index (χ0) is 22.9. The molecule has 0 aliphatic carbocycles. The van der Waals surface area contributed by atoms with Crippen LogP contribution in [0.5, 0.6) is 0 Å². The Bertz CT molecular complexity index is 716. The Labute approximate surface area is 184 Å². The molecule has 0 radical (unpaired) electrons. The fourth-order valence-electron chi connectivity index (χ4n) is 2.80. The van der Waals surface area contributed by atoms with Gasteiger partial charge in [0.25, 0.3) is 0 Å². The number of ether oxygens (including phenoxy) is 1. The van der Waals surface area contributed by atoms with Crippen molar-refractivity contribution in [2.75, 3.05) is 6.61 Å². The molecule has 1 N–H and O–H groups in total. The fourth-order valence-corrected chi connectivity index (χ4v) is 4.14. The van der Waals surface area contributed by atoms with E-state index in [9.17, 15) is 9.90 Å². The second-order valence-electron chi connectivity index (χ2n) is 9.41. The van der Waals surface area contributed by atoms with Gasteiger partial charge in [-0.2, -0.15) is 0 Å². The summed E-state index contributed by atoms with van der Waals surface area (Å²) in [7, 11) is -2.03. The molecule has 1 aromatic rings. The molecule has 3 atom stereocenters. The monoisotopic (exact) mass is 432 g/mol. The SMILES string of the molecule is CCOC(=O)/C=C/C(C)=C/C[C@@H](O)[C@@H](C)[C@H](O[Si](C)(C)C(C)(C)C)c1ccccc1. The number of aliphatic hydroxyl groups is 1. The highest BCUT2D eigenvalue weighted by atomic mass is 28.4. The number of aliphatic hydroxyl groups excluding tert-OH is 1. The smallest absolute Gasteiger partial charge is 0.330 e. The molecule has 1 aromatic carbocycles. The molecule has 0 aliphatic rings. The number of carbonyl (C=O) groups is 1. The molecule has 0 bridgehead atoms. The van der Waals surface area contributed by atoms with Crippen LogP contribution in [0.4, 0.5) is 0 Å². The molecule has 0 unspecified atom stereocenters.